The maximum Gasteiger partial charge on any atom is 0.127 e. The van der Waals surface area contributed by atoms with Gasteiger partial charge in [0.1, 0.15) is 11.5 Å². The van der Waals surface area contributed by atoms with Crippen molar-refractivity contribution in [1.82, 2.24) is 5.32 Å². The van der Waals surface area contributed by atoms with E-state index >= 15 is 0 Å². The average molecular weight is 306 g/mol. The third kappa shape index (κ3) is 3.14. The first-order chi connectivity index (χ1) is 10.1. The highest BCUT2D eigenvalue weighted by Crippen LogP contribution is 2.36. The zero-order valence-corrected chi connectivity index (χ0v) is 13.5. The number of hydrogen-bond donors (Lipinski definition) is 1. The van der Waals surface area contributed by atoms with Crippen molar-refractivity contribution in [3.05, 3.63) is 58.1 Å². The summed E-state index contributed by atoms with van der Waals surface area (Å²) < 4.78 is 10.7. The van der Waals surface area contributed by atoms with E-state index in [1.54, 1.807) is 14.2 Å². The minimum Gasteiger partial charge on any atom is -0.497 e. The number of benzene rings is 2. The molecule has 112 valence electrons. The highest BCUT2D eigenvalue weighted by atomic mass is 35.5. The van der Waals surface area contributed by atoms with Crippen molar-refractivity contribution in [1.29, 1.82) is 0 Å². The van der Waals surface area contributed by atoms with Crippen LogP contribution < -0.4 is 14.8 Å². The zero-order valence-electron chi connectivity index (χ0n) is 12.7. The normalized spacial score (nSPS) is 12.0. The molecule has 0 aromatic heterocycles. The van der Waals surface area contributed by atoms with Crippen LogP contribution in [0.4, 0.5) is 0 Å². The van der Waals surface area contributed by atoms with Crippen LogP contribution in [0.25, 0.3) is 0 Å². The van der Waals surface area contributed by atoms with Gasteiger partial charge in [0.25, 0.3) is 0 Å². The molecule has 0 spiro atoms. The van der Waals surface area contributed by atoms with Gasteiger partial charge in [-0.2, -0.15) is 0 Å². The fourth-order valence-electron chi connectivity index (χ4n) is 2.43. The van der Waals surface area contributed by atoms with Crippen LogP contribution in [0.5, 0.6) is 11.5 Å². The zero-order chi connectivity index (χ0) is 15.4. The minimum atomic E-state index is -0.0433. The number of ether oxygens (including phenoxy) is 2. The Bertz CT molecular complexity index is 628. The highest BCUT2D eigenvalue weighted by Gasteiger charge is 2.20. The number of aryl methyl sites for hydroxylation is 1. The molecule has 1 N–H and O–H groups in total. The molecule has 21 heavy (non-hydrogen) atoms. The third-order valence-corrected chi connectivity index (χ3v) is 4.09. The molecule has 2 aromatic carbocycles. The number of rotatable bonds is 5. The van der Waals surface area contributed by atoms with Gasteiger partial charge >= 0.3 is 0 Å². The van der Waals surface area contributed by atoms with Gasteiger partial charge in [-0.3, -0.25) is 0 Å². The largest absolute Gasteiger partial charge is 0.497 e. The number of hydrogen-bond acceptors (Lipinski definition) is 3. The summed E-state index contributed by atoms with van der Waals surface area (Å²) in [5.74, 6) is 1.53. The van der Waals surface area contributed by atoms with Crippen molar-refractivity contribution in [2.24, 2.45) is 0 Å². The van der Waals surface area contributed by atoms with Gasteiger partial charge < -0.3 is 14.8 Å². The van der Waals surface area contributed by atoms with Crippen LogP contribution in [-0.2, 0) is 0 Å². The molecule has 0 radical (unpaired) electrons. The van der Waals surface area contributed by atoms with Crippen molar-refractivity contribution in [3.63, 3.8) is 0 Å². The lowest BCUT2D eigenvalue weighted by Gasteiger charge is -2.22. The van der Waals surface area contributed by atoms with Crippen LogP contribution in [0.3, 0.4) is 0 Å². The second-order valence-corrected chi connectivity index (χ2v) is 5.19. The molecule has 0 aliphatic heterocycles. The van der Waals surface area contributed by atoms with Crippen molar-refractivity contribution in [2.45, 2.75) is 13.0 Å². The Hall–Kier alpha value is -1.71. The van der Waals surface area contributed by atoms with E-state index in [1.807, 2.05) is 50.4 Å². The molecule has 1 atom stereocenters. The first-order valence-corrected chi connectivity index (χ1v) is 7.14. The molecular formula is C17H20ClNO2. The Morgan fingerprint density at radius 2 is 1.81 bits per heavy atom. The Kier molecular flexibility index (Phi) is 5.10. The quantitative estimate of drug-likeness (QED) is 0.906. The van der Waals surface area contributed by atoms with E-state index in [1.165, 1.54) is 0 Å². The van der Waals surface area contributed by atoms with Gasteiger partial charge in [0, 0.05) is 16.7 Å². The molecule has 0 amide bonds. The topological polar surface area (TPSA) is 30.5 Å². The van der Waals surface area contributed by atoms with E-state index in [-0.39, 0.29) is 6.04 Å². The van der Waals surface area contributed by atoms with E-state index in [2.05, 4.69) is 5.32 Å². The summed E-state index contributed by atoms with van der Waals surface area (Å²) in [6.07, 6.45) is 0. The van der Waals surface area contributed by atoms with E-state index in [0.717, 1.165) is 33.2 Å². The molecule has 1 unspecified atom stereocenters. The lowest BCUT2D eigenvalue weighted by Crippen LogP contribution is -2.19. The summed E-state index contributed by atoms with van der Waals surface area (Å²) in [6.45, 7) is 2.00. The molecule has 0 heterocycles. The van der Waals surface area contributed by atoms with Crippen molar-refractivity contribution >= 4 is 11.6 Å². The molecule has 0 aliphatic carbocycles. The second kappa shape index (κ2) is 6.83. The third-order valence-electron chi connectivity index (χ3n) is 3.57. The van der Waals surface area contributed by atoms with E-state index in [0.29, 0.717) is 0 Å². The maximum atomic E-state index is 6.47. The smallest absolute Gasteiger partial charge is 0.127 e. The summed E-state index contributed by atoms with van der Waals surface area (Å²) in [5, 5.41) is 4.08. The van der Waals surface area contributed by atoms with Crippen LogP contribution in [0.2, 0.25) is 5.02 Å². The lowest BCUT2D eigenvalue weighted by atomic mass is 9.96. The Morgan fingerprint density at radius 3 is 2.43 bits per heavy atom. The molecule has 0 bridgehead atoms. The Balaban J connectivity index is 2.53. The standard InChI is InChI=1S/C17H20ClNO2/c1-11-6-5-7-14(16(11)18)17(19-2)13-9-8-12(20-3)10-15(13)21-4/h5-10,17,19H,1-4H3. The summed E-state index contributed by atoms with van der Waals surface area (Å²) in [6, 6.07) is 11.8. The molecule has 2 aromatic rings. The van der Waals surface area contributed by atoms with Gasteiger partial charge in [-0.25, -0.2) is 0 Å². The van der Waals surface area contributed by atoms with Crippen molar-refractivity contribution in [2.75, 3.05) is 21.3 Å². The Morgan fingerprint density at radius 1 is 1.05 bits per heavy atom. The summed E-state index contributed by atoms with van der Waals surface area (Å²) in [7, 11) is 5.21. The van der Waals surface area contributed by atoms with Crippen LogP contribution in [0.1, 0.15) is 22.7 Å². The van der Waals surface area contributed by atoms with Gasteiger partial charge in [0.05, 0.1) is 20.3 Å². The molecule has 0 saturated carbocycles. The predicted octanol–water partition coefficient (Wildman–Crippen LogP) is 3.97. The number of halogens is 1. The fourth-order valence-corrected chi connectivity index (χ4v) is 2.66. The van der Waals surface area contributed by atoms with Crippen LogP contribution in [0, 0.1) is 6.92 Å². The second-order valence-electron chi connectivity index (χ2n) is 4.81. The predicted molar refractivity (Wildman–Crippen MR) is 86.6 cm³/mol. The molecule has 0 fully saturated rings. The molecule has 0 saturated heterocycles. The van der Waals surface area contributed by atoms with E-state index < -0.39 is 0 Å². The monoisotopic (exact) mass is 305 g/mol. The minimum absolute atomic E-state index is 0.0433. The molecule has 0 aliphatic rings. The van der Waals surface area contributed by atoms with Crippen LogP contribution >= 0.6 is 11.6 Å². The summed E-state index contributed by atoms with van der Waals surface area (Å²) >= 11 is 6.47. The van der Waals surface area contributed by atoms with Gasteiger partial charge in [-0.15, -0.1) is 0 Å². The lowest BCUT2D eigenvalue weighted by molar-refractivity contribution is 0.388. The first kappa shape index (κ1) is 15.7. The van der Waals surface area contributed by atoms with Gasteiger partial charge in [0.2, 0.25) is 0 Å². The van der Waals surface area contributed by atoms with Gasteiger partial charge in [-0.05, 0) is 37.2 Å². The SMILES string of the molecule is CNC(c1ccc(OC)cc1OC)c1cccc(C)c1Cl. The average Bonchev–Trinajstić information content (AvgIpc) is 2.52. The molecule has 4 heteroatoms. The Labute approximate surface area is 130 Å². The van der Waals surface area contributed by atoms with Crippen LogP contribution in [-0.4, -0.2) is 21.3 Å². The fraction of sp³-hybridized carbons (Fsp3) is 0.294. The van der Waals surface area contributed by atoms with E-state index in [4.69, 9.17) is 21.1 Å². The van der Waals surface area contributed by atoms with Crippen LogP contribution in [0.15, 0.2) is 36.4 Å². The van der Waals surface area contributed by atoms with E-state index in [9.17, 15) is 0 Å². The number of methoxy groups -OCH3 is 2. The first-order valence-electron chi connectivity index (χ1n) is 6.76. The summed E-state index contributed by atoms with van der Waals surface area (Å²) in [5.41, 5.74) is 3.11. The van der Waals surface area contributed by atoms with Crippen molar-refractivity contribution in [3.8, 4) is 11.5 Å². The molecule has 2 rings (SSSR count). The van der Waals surface area contributed by atoms with Gasteiger partial charge in [0.15, 0.2) is 0 Å². The van der Waals surface area contributed by atoms with Crippen molar-refractivity contribution < 1.29 is 9.47 Å². The number of nitrogens with one attached hydrogen (secondary N) is 1. The highest BCUT2D eigenvalue weighted by molar-refractivity contribution is 6.32. The van der Waals surface area contributed by atoms with Gasteiger partial charge in [-0.1, -0.05) is 29.8 Å². The maximum absolute atomic E-state index is 6.47. The molecule has 3 nitrogen and oxygen atoms in total. The molecular weight excluding hydrogens is 286 g/mol. The summed E-state index contributed by atoms with van der Waals surface area (Å²) in [4.78, 5) is 0.